The van der Waals surface area contributed by atoms with Gasteiger partial charge in [-0.15, -0.1) is 0 Å². The molecule has 1 heterocycles. The highest BCUT2D eigenvalue weighted by Crippen LogP contribution is 2.29. The molecule has 8 heteroatoms. The molecule has 0 spiro atoms. The Balaban J connectivity index is 1.79. The zero-order chi connectivity index (χ0) is 20.8. The third kappa shape index (κ3) is 5.12. The molecule has 3 aromatic rings. The average Bonchev–Trinajstić information content (AvgIpc) is 2.73. The van der Waals surface area contributed by atoms with Gasteiger partial charge in [0.2, 0.25) is 0 Å². The van der Waals surface area contributed by atoms with Crippen molar-refractivity contribution in [3.05, 3.63) is 82.0 Å². The number of aromatic nitrogens is 1. The first kappa shape index (κ1) is 20.8. The minimum atomic E-state index is -0.422. The van der Waals surface area contributed by atoms with Crippen LogP contribution in [0.25, 0.3) is 11.3 Å². The number of carbonyl (C=O) groups is 2. The summed E-state index contributed by atoms with van der Waals surface area (Å²) in [5.41, 5.74) is 2.44. The van der Waals surface area contributed by atoms with E-state index in [1.807, 2.05) is 12.1 Å². The van der Waals surface area contributed by atoms with E-state index >= 15 is 0 Å². The van der Waals surface area contributed by atoms with Crippen LogP contribution >= 0.6 is 23.2 Å². The highest BCUT2D eigenvalue weighted by atomic mass is 35.5. The Labute approximate surface area is 177 Å². The van der Waals surface area contributed by atoms with E-state index in [0.29, 0.717) is 27.5 Å². The van der Waals surface area contributed by atoms with Gasteiger partial charge < -0.3 is 15.7 Å². The minimum absolute atomic E-state index is 0.118. The van der Waals surface area contributed by atoms with Crippen molar-refractivity contribution in [1.29, 1.82) is 0 Å². The minimum Gasteiger partial charge on any atom is -0.395 e. The standard InChI is InChI=1S/C21H17Cl2N3O3/c22-17-7-5-14(12-16(17)19-3-1-2-8-24-19)26-20(28)13-4-6-15(18(23)11-13)21(29)25-9-10-27/h1-8,11-12,27H,9-10H2,(H,25,29)(H,26,28). The summed E-state index contributed by atoms with van der Waals surface area (Å²) in [6.45, 7) is -0.0575. The fraction of sp³-hybridized carbons (Fsp3) is 0.0952. The second kappa shape index (κ2) is 9.52. The number of nitrogens with zero attached hydrogens (tertiary/aromatic N) is 1. The van der Waals surface area contributed by atoms with E-state index in [2.05, 4.69) is 15.6 Å². The highest BCUT2D eigenvalue weighted by molar-refractivity contribution is 6.34. The van der Waals surface area contributed by atoms with Crippen LogP contribution in [0.4, 0.5) is 5.69 Å². The summed E-state index contributed by atoms with van der Waals surface area (Å²) in [6.07, 6.45) is 1.66. The summed E-state index contributed by atoms with van der Waals surface area (Å²) >= 11 is 12.4. The van der Waals surface area contributed by atoms with Gasteiger partial charge in [0.1, 0.15) is 0 Å². The maximum Gasteiger partial charge on any atom is 0.255 e. The molecule has 29 heavy (non-hydrogen) atoms. The normalized spacial score (nSPS) is 10.4. The Bertz CT molecular complexity index is 1040. The molecule has 0 saturated carbocycles. The Morgan fingerprint density at radius 1 is 0.966 bits per heavy atom. The summed E-state index contributed by atoms with van der Waals surface area (Å²) in [4.78, 5) is 28.9. The number of hydrogen-bond donors (Lipinski definition) is 3. The summed E-state index contributed by atoms with van der Waals surface area (Å²) in [6, 6.07) is 15.0. The first-order valence-corrected chi connectivity index (χ1v) is 9.46. The third-order valence-corrected chi connectivity index (χ3v) is 4.68. The number of benzene rings is 2. The number of carbonyl (C=O) groups excluding carboxylic acids is 2. The monoisotopic (exact) mass is 429 g/mol. The zero-order valence-corrected chi connectivity index (χ0v) is 16.7. The smallest absolute Gasteiger partial charge is 0.255 e. The molecule has 0 aliphatic carbocycles. The van der Waals surface area contributed by atoms with Crippen molar-refractivity contribution in [1.82, 2.24) is 10.3 Å². The Kier molecular flexibility index (Phi) is 6.82. The van der Waals surface area contributed by atoms with E-state index in [4.69, 9.17) is 28.3 Å². The highest BCUT2D eigenvalue weighted by Gasteiger charge is 2.14. The van der Waals surface area contributed by atoms with Crippen LogP contribution in [0, 0.1) is 0 Å². The summed E-state index contributed by atoms with van der Waals surface area (Å²) in [7, 11) is 0. The first-order chi connectivity index (χ1) is 14.0. The van der Waals surface area contributed by atoms with Crippen LogP contribution in [0.5, 0.6) is 0 Å². The number of hydrogen-bond acceptors (Lipinski definition) is 4. The summed E-state index contributed by atoms with van der Waals surface area (Å²) in [5.74, 6) is -0.808. The Hall–Kier alpha value is -2.93. The van der Waals surface area contributed by atoms with E-state index in [1.54, 1.807) is 30.5 Å². The Morgan fingerprint density at radius 2 is 1.79 bits per heavy atom. The fourth-order valence-corrected chi connectivity index (χ4v) is 3.11. The fourth-order valence-electron chi connectivity index (χ4n) is 2.63. The average molecular weight is 430 g/mol. The molecule has 2 aromatic carbocycles. The maximum atomic E-state index is 12.6. The van der Waals surface area contributed by atoms with Crippen LogP contribution in [0.3, 0.4) is 0 Å². The number of aliphatic hydroxyl groups excluding tert-OH is 1. The molecule has 0 aliphatic heterocycles. The van der Waals surface area contributed by atoms with Crippen molar-refractivity contribution in [3.63, 3.8) is 0 Å². The largest absolute Gasteiger partial charge is 0.395 e. The predicted molar refractivity (Wildman–Crippen MR) is 114 cm³/mol. The molecule has 3 N–H and O–H groups in total. The molecule has 0 fully saturated rings. The van der Waals surface area contributed by atoms with Gasteiger partial charge in [-0.05, 0) is 48.5 Å². The molecule has 0 aliphatic rings. The van der Waals surface area contributed by atoms with E-state index in [0.717, 1.165) is 0 Å². The molecule has 0 atom stereocenters. The molecular weight excluding hydrogens is 413 g/mol. The number of nitrogens with one attached hydrogen (secondary N) is 2. The molecule has 0 unspecified atom stereocenters. The SMILES string of the molecule is O=C(Nc1ccc(Cl)c(-c2ccccn2)c1)c1ccc(C(=O)NCCO)c(Cl)c1. The van der Waals surface area contributed by atoms with Crippen molar-refractivity contribution in [2.24, 2.45) is 0 Å². The molecule has 0 bridgehead atoms. The molecule has 148 valence electrons. The van der Waals surface area contributed by atoms with Crippen molar-refractivity contribution in [2.45, 2.75) is 0 Å². The van der Waals surface area contributed by atoms with Crippen LogP contribution in [0.1, 0.15) is 20.7 Å². The van der Waals surface area contributed by atoms with Crippen LogP contribution in [-0.4, -0.2) is 35.1 Å². The quantitative estimate of drug-likeness (QED) is 0.551. The van der Waals surface area contributed by atoms with Gasteiger partial charge in [0.15, 0.2) is 0 Å². The summed E-state index contributed by atoms with van der Waals surface area (Å²) in [5, 5.41) is 14.7. The van der Waals surface area contributed by atoms with Crippen molar-refractivity contribution in [3.8, 4) is 11.3 Å². The third-order valence-electron chi connectivity index (χ3n) is 4.04. The summed E-state index contributed by atoms with van der Waals surface area (Å²) < 4.78 is 0. The van der Waals surface area contributed by atoms with E-state index in [1.165, 1.54) is 18.2 Å². The van der Waals surface area contributed by atoms with Crippen molar-refractivity contribution < 1.29 is 14.7 Å². The van der Waals surface area contributed by atoms with E-state index in [-0.39, 0.29) is 29.6 Å². The van der Waals surface area contributed by atoms with Gasteiger partial charge in [0.05, 0.1) is 27.9 Å². The topological polar surface area (TPSA) is 91.3 Å². The number of rotatable bonds is 6. The maximum absolute atomic E-state index is 12.6. The van der Waals surface area contributed by atoms with Crippen LogP contribution < -0.4 is 10.6 Å². The molecule has 6 nitrogen and oxygen atoms in total. The molecule has 3 rings (SSSR count). The van der Waals surface area contributed by atoms with Crippen LogP contribution in [-0.2, 0) is 0 Å². The first-order valence-electron chi connectivity index (χ1n) is 8.70. The zero-order valence-electron chi connectivity index (χ0n) is 15.2. The second-order valence-electron chi connectivity index (χ2n) is 6.04. The van der Waals surface area contributed by atoms with Gasteiger partial charge in [-0.25, -0.2) is 0 Å². The van der Waals surface area contributed by atoms with Gasteiger partial charge in [0, 0.05) is 29.6 Å². The number of aliphatic hydroxyl groups is 1. The lowest BCUT2D eigenvalue weighted by molar-refractivity contribution is 0.0943. The lowest BCUT2D eigenvalue weighted by Gasteiger charge is -2.10. The van der Waals surface area contributed by atoms with Gasteiger partial charge in [0.25, 0.3) is 11.8 Å². The second-order valence-corrected chi connectivity index (χ2v) is 6.85. The number of halogens is 2. The van der Waals surface area contributed by atoms with Crippen LogP contribution in [0.15, 0.2) is 60.8 Å². The molecule has 1 aromatic heterocycles. The van der Waals surface area contributed by atoms with Crippen LogP contribution in [0.2, 0.25) is 10.0 Å². The van der Waals surface area contributed by atoms with Crippen molar-refractivity contribution >= 4 is 40.7 Å². The number of amides is 2. The molecule has 0 saturated heterocycles. The van der Waals surface area contributed by atoms with Gasteiger partial charge in [-0.2, -0.15) is 0 Å². The number of anilines is 1. The van der Waals surface area contributed by atoms with E-state index in [9.17, 15) is 9.59 Å². The lowest BCUT2D eigenvalue weighted by Crippen LogP contribution is -2.26. The lowest BCUT2D eigenvalue weighted by atomic mass is 10.1. The molecule has 0 radical (unpaired) electrons. The van der Waals surface area contributed by atoms with E-state index < -0.39 is 5.91 Å². The number of pyridine rings is 1. The predicted octanol–water partition coefficient (Wildman–Crippen LogP) is 4.03. The Morgan fingerprint density at radius 3 is 2.48 bits per heavy atom. The van der Waals surface area contributed by atoms with Gasteiger partial charge in [-0.1, -0.05) is 29.3 Å². The molecular formula is C21H17Cl2N3O3. The van der Waals surface area contributed by atoms with Gasteiger partial charge in [-0.3, -0.25) is 14.6 Å². The van der Waals surface area contributed by atoms with Gasteiger partial charge >= 0.3 is 0 Å². The van der Waals surface area contributed by atoms with Crippen molar-refractivity contribution in [2.75, 3.05) is 18.5 Å². The molecule has 2 amide bonds.